The maximum atomic E-state index is 14.0. The quantitative estimate of drug-likeness (QED) is 0.750. The Morgan fingerprint density at radius 2 is 2.10 bits per heavy atom. The Bertz CT molecular complexity index is 728. The van der Waals surface area contributed by atoms with Gasteiger partial charge in [-0.25, -0.2) is 4.39 Å². The third kappa shape index (κ3) is 2.98. The number of hydrogen-bond acceptors (Lipinski definition) is 3. The highest BCUT2D eigenvalue weighted by Gasteiger charge is 2.15. The van der Waals surface area contributed by atoms with Gasteiger partial charge < -0.3 is 4.74 Å². The molecule has 0 unspecified atom stereocenters. The minimum atomic E-state index is -0.701. The third-order valence-electron chi connectivity index (χ3n) is 2.43. The minimum Gasteiger partial charge on any atom is -0.453 e. The second-order valence-electron chi connectivity index (χ2n) is 3.79. The van der Waals surface area contributed by atoms with E-state index in [1.807, 2.05) is 6.07 Å². The molecule has 0 fully saturated rings. The highest BCUT2D eigenvalue weighted by molar-refractivity contribution is 9.10. The molecule has 0 spiro atoms. The molecule has 0 heterocycles. The molecule has 20 heavy (non-hydrogen) atoms. The molecule has 2 rings (SSSR count). The van der Waals surface area contributed by atoms with Crippen molar-refractivity contribution >= 4 is 33.8 Å². The van der Waals surface area contributed by atoms with Gasteiger partial charge in [0.15, 0.2) is 17.9 Å². The lowest BCUT2D eigenvalue weighted by Crippen LogP contribution is -1.95. The molecule has 0 aliphatic rings. The smallest absolute Gasteiger partial charge is 0.180 e. The Hall–Kier alpha value is -1.90. The van der Waals surface area contributed by atoms with Crippen molar-refractivity contribution < 1.29 is 13.9 Å². The van der Waals surface area contributed by atoms with Crippen LogP contribution in [-0.4, -0.2) is 6.29 Å². The predicted molar refractivity (Wildman–Crippen MR) is 75.7 cm³/mol. The highest BCUT2D eigenvalue weighted by Crippen LogP contribution is 2.33. The molecule has 6 heteroatoms. The fourth-order valence-electron chi connectivity index (χ4n) is 1.55. The fraction of sp³-hybridized carbons (Fsp3) is 0. The summed E-state index contributed by atoms with van der Waals surface area (Å²) < 4.78 is 19.5. The molecule has 0 bridgehead atoms. The molecule has 0 aromatic heterocycles. The van der Waals surface area contributed by atoms with Crippen molar-refractivity contribution in [3.63, 3.8) is 0 Å². The third-order valence-corrected chi connectivity index (χ3v) is 3.26. The van der Waals surface area contributed by atoms with Crippen LogP contribution < -0.4 is 4.74 Å². The molecular weight excluding hydrogens is 349 g/mol. The van der Waals surface area contributed by atoms with E-state index in [0.29, 0.717) is 6.29 Å². The average molecular weight is 355 g/mol. The molecule has 0 radical (unpaired) electrons. The van der Waals surface area contributed by atoms with Gasteiger partial charge in [-0.2, -0.15) is 5.26 Å². The van der Waals surface area contributed by atoms with Crippen LogP contribution >= 0.6 is 27.5 Å². The number of halogens is 3. The molecule has 0 saturated carbocycles. The lowest BCUT2D eigenvalue weighted by Gasteiger charge is -2.10. The number of aldehydes is 1. The van der Waals surface area contributed by atoms with Crippen molar-refractivity contribution in [3.05, 3.63) is 56.8 Å². The first-order chi connectivity index (χ1) is 9.55. The molecule has 0 N–H and O–H groups in total. The van der Waals surface area contributed by atoms with Gasteiger partial charge in [-0.3, -0.25) is 4.79 Å². The molecule has 100 valence electrons. The zero-order valence-electron chi connectivity index (χ0n) is 9.86. The van der Waals surface area contributed by atoms with Crippen LogP contribution in [0.15, 0.2) is 34.8 Å². The Morgan fingerprint density at radius 1 is 1.35 bits per heavy atom. The zero-order valence-corrected chi connectivity index (χ0v) is 12.2. The number of ether oxygens (including phenoxy) is 1. The Labute approximate surface area is 127 Å². The molecule has 0 atom stereocenters. The van der Waals surface area contributed by atoms with Crippen molar-refractivity contribution in [2.24, 2.45) is 0 Å². The van der Waals surface area contributed by atoms with E-state index in [0.717, 1.165) is 0 Å². The van der Waals surface area contributed by atoms with E-state index in [1.54, 1.807) is 0 Å². The predicted octanol–water partition coefficient (Wildman–Crippen LogP) is 4.72. The largest absolute Gasteiger partial charge is 0.453 e. The topological polar surface area (TPSA) is 50.1 Å². The van der Waals surface area contributed by atoms with E-state index in [1.165, 1.54) is 30.3 Å². The number of carbonyl (C=O) groups excluding carboxylic acids is 1. The van der Waals surface area contributed by atoms with Gasteiger partial charge in [0.05, 0.1) is 21.7 Å². The van der Waals surface area contributed by atoms with E-state index >= 15 is 0 Å². The van der Waals surface area contributed by atoms with Gasteiger partial charge in [0.25, 0.3) is 0 Å². The van der Waals surface area contributed by atoms with Gasteiger partial charge in [0.2, 0.25) is 0 Å². The summed E-state index contributed by atoms with van der Waals surface area (Å²) in [5.74, 6) is -0.747. The number of nitrogens with zero attached hydrogens (tertiary/aromatic N) is 1. The van der Waals surface area contributed by atoms with Crippen LogP contribution in [0, 0.1) is 17.1 Å². The van der Waals surface area contributed by atoms with Crippen LogP contribution in [0.5, 0.6) is 11.5 Å². The normalized spacial score (nSPS) is 9.90. The van der Waals surface area contributed by atoms with E-state index < -0.39 is 5.82 Å². The fourth-order valence-corrected chi connectivity index (χ4v) is 2.08. The molecule has 0 saturated heterocycles. The van der Waals surface area contributed by atoms with Crippen molar-refractivity contribution in [3.8, 4) is 17.6 Å². The molecule has 0 amide bonds. The van der Waals surface area contributed by atoms with Gasteiger partial charge in [-0.05, 0) is 46.3 Å². The monoisotopic (exact) mass is 353 g/mol. The summed E-state index contributed by atoms with van der Waals surface area (Å²) in [5, 5.41) is 9.13. The summed E-state index contributed by atoms with van der Waals surface area (Å²) in [6.07, 6.45) is 0.487. The first-order valence-corrected chi connectivity index (χ1v) is 6.54. The second-order valence-corrected chi connectivity index (χ2v) is 5.08. The van der Waals surface area contributed by atoms with E-state index in [-0.39, 0.29) is 32.1 Å². The van der Waals surface area contributed by atoms with Crippen LogP contribution in [0.25, 0.3) is 0 Å². The first-order valence-electron chi connectivity index (χ1n) is 5.37. The number of nitriles is 1. The Morgan fingerprint density at radius 3 is 2.75 bits per heavy atom. The summed E-state index contributed by atoms with van der Waals surface area (Å²) in [6, 6.07) is 9.02. The number of rotatable bonds is 3. The first kappa shape index (κ1) is 14.5. The summed E-state index contributed by atoms with van der Waals surface area (Å²) in [5.41, 5.74) is 0.333. The van der Waals surface area contributed by atoms with Gasteiger partial charge in [0, 0.05) is 5.02 Å². The number of carbonyl (C=O) groups is 1. The molecule has 0 aliphatic heterocycles. The lowest BCUT2D eigenvalue weighted by molar-refractivity contribution is 0.112. The maximum absolute atomic E-state index is 14.0. The Kier molecular flexibility index (Phi) is 4.38. The van der Waals surface area contributed by atoms with Crippen molar-refractivity contribution in [2.75, 3.05) is 0 Å². The summed E-state index contributed by atoms with van der Waals surface area (Å²) in [7, 11) is 0. The number of hydrogen-bond donors (Lipinski definition) is 0. The Balaban J connectivity index is 2.50. The van der Waals surface area contributed by atoms with Gasteiger partial charge in [-0.1, -0.05) is 11.6 Å². The summed E-state index contributed by atoms with van der Waals surface area (Å²) in [4.78, 5) is 10.9. The highest BCUT2D eigenvalue weighted by atomic mass is 79.9. The second kappa shape index (κ2) is 6.04. The number of benzene rings is 2. The molecular formula is C14H6BrClFNO2. The van der Waals surface area contributed by atoms with Gasteiger partial charge >= 0.3 is 0 Å². The summed E-state index contributed by atoms with van der Waals surface area (Å²) >= 11 is 8.85. The molecule has 0 aliphatic carbocycles. The van der Waals surface area contributed by atoms with E-state index in [4.69, 9.17) is 21.6 Å². The van der Waals surface area contributed by atoms with Crippen LogP contribution in [-0.2, 0) is 0 Å². The standard InChI is InChI=1S/C14H6BrClFNO2/c15-12-2-1-9(7-19)14(13(12)17)20-11-4-8(6-18)3-10(16)5-11/h1-5,7H. The van der Waals surface area contributed by atoms with E-state index in [2.05, 4.69) is 15.9 Å². The zero-order chi connectivity index (χ0) is 14.7. The molecule has 2 aromatic rings. The van der Waals surface area contributed by atoms with Crippen molar-refractivity contribution in [1.29, 1.82) is 5.26 Å². The van der Waals surface area contributed by atoms with Crippen LogP contribution in [0.3, 0.4) is 0 Å². The van der Waals surface area contributed by atoms with Crippen LogP contribution in [0.1, 0.15) is 15.9 Å². The van der Waals surface area contributed by atoms with Gasteiger partial charge in [-0.15, -0.1) is 0 Å². The molecule has 3 nitrogen and oxygen atoms in total. The van der Waals surface area contributed by atoms with Crippen molar-refractivity contribution in [1.82, 2.24) is 0 Å². The summed E-state index contributed by atoms with van der Waals surface area (Å²) in [6.45, 7) is 0. The van der Waals surface area contributed by atoms with E-state index in [9.17, 15) is 9.18 Å². The average Bonchev–Trinajstić information content (AvgIpc) is 2.43. The molecule has 2 aromatic carbocycles. The maximum Gasteiger partial charge on any atom is 0.180 e. The van der Waals surface area contributed by atoms with Crippen molar-refractivity contribution in [2.45, 2.75) is 0 Å². The van der Waals surface area contributed by atoms with Crippen LogP contribution in [0.4, 0.5) is 4.39 Å². The van der Waals surface area contributed by atoms with Crippen LogP contribution in [0.2, 0.25) is 5.02 Å². The minimum absolute atomic E-state index is 0.0594. The SMILES string of the molecule is N#Cc1cc(Cl)cc(Oc2c(C=O)ccc(Br)c2F)c1. The van der Waals surface area contributed by atoms with Gasteiger partial charge in [0.1, 0.15) is 5.75 Å². The lowest BCUT2D eigenvalue weighted by atomic mass is 10.2.